The summed E-state index contributed by atoms with van der Waals surface area (Å²) in [6.07, 6.45) is 3.51. The van der Waals surface area contributed by atoms with Crippen molar-refractivity contribution in [3.8, 4) is 11.5 Å². The van der Waals surface area contributed by atoms with Gasteiger partial charge in [0.15, 0.2) is 10.8 Å². The molecule has 0 aliphatic rings. The summed E-state index contributed by atoms with van der Waals surface area (Å²) in [4.78, 5) is 24.2. The maximum Gasteiger partial charge on any atom is 0.280 e. The molecule has 0 N–H and O–H groups in total. The lowest BCUT2D eigenvalue weighted by molar-refractivity contribution is 0.0979. The quantitative estimate of drug-likeness (QED) is 0.428. The molecule has 31 heavy (non-hydrogen) atoms. The van der Waals surface area contributed by atoms with Crippen LogP contribution in [0.25, 0.3) is 10.2 Å². The van der Waals surface area contributed by atoms with Crippen molar-refractivity contribution in [1.82, 2.24) is 19.7 Å². The molecule has 160 valence electrons. The van der Waals surface area contributed by atoms with E-state index in [1.807, 2.05) is 38.1 Å². The number of rotatable bonds is 7. The van der Waals surface area contributed by atoms with E-state index in [1.54, 1.807) is 48.3 Å². The number of benzene rings is 1. The fourth-order valence-electron chi connectivity index (χ4n) is 3.15. The van der Waals surface area contributed by atoms with Gasteiger partial charge in [-0.15, -0.1) is 0 Å². The predicted molar refractivity (Wildman–Crippen MR) is 120 cm³/mol. The molecule has 3 aromatic heterocycles. The Bertz CT molecular complexity index is 1160. The van der Waals surface area contributed by atoms with Crippen LogP contribution in [0, 0.1) is 0 Å². The lowest BCUT2D eigenvalue weighted by Crippen LogP contribution is -2.31. The van der Waals surface area contributed by atoms with Crippen LogP contribution in [0.4, 0.5) is 5.13 Å². The Morgan fingerprint density at radius 1 is 1.13 bits per heavy atom. The number of carbonyl (C=O) groups is 1. The third kappa shape index (κ3) is 4.09. The summed E-state index contributed by atoms with van der Waals surface area (Å²) < 4.78 is 13.5. The van der Waals surface area contributed by atoms with Gasteiger partial charge in [-0.2, -0.15) is 5.10 Å². The minimum absolute atomic E-state index is 0.154. The number of carbonyl (C=O) groups excluding carboxylic acids is 1. The molecule has 0 fully saturated rings. The van der Waals surface area contributed by atoms with Crippen molar-refractivity contribution < 1.29 is 14.3 Å². The van der Waals surface area contributed by atoms with E-state index < -0.39 is 0 Å². The van der Waals surface area contributed by atoms with Crippen LogP contribution in [0.2, 0.25) is 0 Å². The molecule has 1 amide bonds. The van der Waals surface area contributed by atoms with Gasteiger partial charge in [0, 0.05) is 18.4 Å². The van der Waals surface area contributed by atoms with E-state index in [4.69, 9.17) is 14.5 Å². The van der Waals surface area contributed by atoms with Crippen LogP contribution >= 0.6 is 11.3 Å². The van der Waals surface area contributed by atoms with Crippen molar-refractivity contribution in [1.29, 1.82) is 0 Å². The summed E-state index contributed by atoms with van der Waals surface area (Å²) >= 11 is 1.37. The van der Waals surface area contributed by atoms with E-state index in [0.717, 1.165) is 10.4 Å². The fourth-order valence-corrected chi connectivity index (χ4v) is 4.22. The fraction of sp³-hybridized carbons (Fsp3) is 0.273. The number of fused-ring (bicyclic) bond motifs is 1. The normalized spacial score (nSPS) is 11.1. The number of amides is 1. The van der Waals surface area contributed by atoms with Crippen molar-refractivity contribution in [3.05, 3.63) is 60.2 Å². The molecule has 0 atom stereocenters. The molecule has 4 rings (SSSR count). The van der Waals surface area contributed by atoms with Gasteiger partial charge in [0.2, 0.25) is 0 Å². The summed E-state index contributed by atoms with van der Waals surface area (Å²) in [6.45, 7) is 4.29. The van der Waals surface area contributed by atoms with E-state index in [0.29, 0.717) is 27.8 Å². The Morgan fingerprint density at radius 2 is 1.90 bits per heavy atom. The van der Waals surface area contributed by atoms with E-state index in [-0.39, 0.29) is 18.5 Å². The Hall–Kier alpha value is -3.46. The van der Waals surface area contributed by atoms with Crippen LogP contribution in [0.5, 0.6) is 11.5 Å². The lowest BCUT2D eigenvalue weighted by atomic mass is 10.3. The Labute approximate surface area is 184 Å². The zero-order valence-electron chi connectivity index (χ0n) is 17.8. The molecule has 0 saturated heterocycles. The molecule has 0 radical (unpaired) electrons. The van der Waals surface area contributed by atoms with Gasteiger partial charge >= 0.3 is 0 Å². The number of aromatic nitrogens is 4. The topological polar surface area (TPSA) is 82.4 Å². The van der Waals surface area contributed by atoms with Crippen LogP contribution in [0.3, 0.4) is 0 Å². The lowest BCUT2D eigenvalue weighted by Gasteiger charge is -2.18. The molecule has 0 aliphatic carbocycles. The third-order valence-corrected chi connectivity index (χ3v) is 5.87. The first-order valence-electron chi connectivity index (χ1n) is 9.80. The average molecular weight is 438 g/mol. The number of pyridine rings is 1. The number of hydrogen-bond donors (Lipinski definition) is 0. The highest BCUT2D eigenvalue weighted by atomic mass is 32.1. The van der Waals surface area contributed by atoms with E-state index >= 15 is 0 Å². The zero-order chi connectivity index (χ0) is 22.0. The van der Waals surface area contributed by atoms with Crippen LogP contribution in [0.15, 0.2) is 48.8 Å². The molecule has 3 heterocycles. The Balaban J connectivity index is 1.81. The van der Waals surface area contributed by atoms with Crippen LogP contribution in [-0.2, 0) is 6.54 Å². The predicted octanol–water partition coefficient (Wildman–Crippen LogP) is 4.33. The van der Waals surface area contributed by atoms with Crippen molar-refractivity contribution in [2.75, 3.05) is 19.1 Å². The van der Waals surface area contributed by atoms with Crippen LogP contribution in [-0.4, -0.2) is 39.9 Å². The van der Waals surface area contributed by atoms with Gasteiger partial charge in [-0.05, 0) is 44.2 Å². The Kier molecular flexibility index (Phi) is 5.85. The van der Waals surface area contributed by atoms with Crippen LogP contribution < -0.4 is 14.4 Å². The van der Waals surface area contributed by atoms with E-state index in [1.165, 1.54) is 11.3 Å². The molecule has 0 unspecified atom stereocenters. The second-order valence-corrected chi connectivity index (χ2v) is 8.11. The SMILES string of the molecule is COc1ccc(OC)c2sc(N(Cc3ccccn3)C(=O)c3ccn(C(C)C)n3)nc12. The molecule has 8 nitrogen and oxygen atoms in total. The maximum absolute atomic E-state index is 13.5. The molecule has 0 saturated carbocycles. The highest BCUT2D eigenvalue weighted by molar-refractivity contribution is 7.22. The molecule has 0 spiro atoms. The third-order valence-electron chi connectivity index (χ3n) is 4.78. The van der Waals surface area contributed by atoms with Crippen molar-refractivity contribution in [2.45, 2.75) is 26.4 Å². The monoisotopic (exact) mass is 437 g/mol. The summed E-state index contributed by atoms with van der Waals surface area (Å²) in [6, 6.07) is 11.1. The molecular weight excluding hydrogens is 414 g/mol. The minimum Gasteiger partial charge on any atom is -0.495 e. The average Bonchev–Trinajstić information content (AvgIpc) is 3.45. The van der Waals surface area contributed by atoms with Gasteiger partial charge in [-0.3, -0.25) is 19.4 Å². The highest BCUT2D eigenvalue weighted by Crippen LogP contribution is 2.40. The smallest absolute Gasteiger partial charge is 0.280 e. The number of ether oxygens (including phenoxy) is 2. The Morgan fingerprint density at radius 3 is 2.55 bits per heavy atom. The number of thiazole rings is 1. The summed E-state index contributed by atoms with van der Waals surface area (Å²) in [5.74, 6) is 1.04. The standard InChI is InChI=1S/C22H23N5O3S/c1-14(2)27-12-10-16(25-27)21(28)26(13-15-7-5-6-11-23-15)22-24-19-17(29-3)8-9-18(30-4)20(19)31-22/h5-12,14H,13H2,1-4H3. The number of hydrogen-bond acceptors (Lipinski definition) is 7. The first-order valence-corrected chi connectivity index (χ1v) is 10.6. The second kappa shape index (κ2) is 8.73. The van der Waals surface area contributed by atoms with Crippen molar-refractivity contribution in [2.24, 2.45) is 0 Å². The van der Waals surface area contributed by atoms with Crippen molar-refractivity contribution >= 4 is 32.6 Å². The van der Waals surface area contributed by atoms with E-state index in [2.05, 4.69) is 10.1 Å². The number of nitrogens with zero attached hydrogens (tertiary/aromatic N) is 5. The van der Waals surface area contributed by atoms with E-state index in [9.17, 15) is 4.79 Å². The van der Waals surface area contributed by atoms with Gasteiger partial charge in [-0.1, -0.05) is 17.4 Å². The first kappa shape index (κ1) is 20.8. The van der Waals surface area contributed by atoms with Crippen molar-refractivity contribution in [3.63, 3.8) is 0 Å². The summed E-state index contributed by atoms with van der Waals surface area (Å²) in [5, 5.41) is 4.97. The first-order chi connectivity index (χ1) is 15.0. The molecule has 4 aromatic rings. The highest BCUT2D eigenvalue weighted by Gasteiger charge is 2.26. The van der Waals surface area contributed by atoms with Gasteiger partial charge < -0.3 is 9.47 Å². The number of anilines is 1. The minimum atomic E-state index is -0.248. The molecule has 0 bridgehead atoms. The van der Waals surface area contributed by atoms with Gasteiger partial charge in [0.05, 0.1) is 26.5 Å². The van der Waals surface area contributed by atoms with Crippen LogP contribution in [0.1, 0.15) is 36.1 Å². The zero-order valence-corrected chi connectivity index (χ0v) is 18.6. The molecular formula is C22H23N5O3S. The second-order valence-electron chi connectivity index (χ2n) is 7.13. The summed E-state index contributed by atoms with van der Waals surface area (Å²) in [5.41, 5.74) is 1.74. The summed E-state index contributed by atoms with van der Waals surface area (Å²) in [7, 11) is 3.20. The molecule has 0 aliphatic heterocycles. The maximum atomic E-state index is 13.5. The van der Waals surface area contributed by atoms with Gasteiger partial charge in [0.25, 0.3) is 5.91 Å². The van der Waals surface area contributed by atoms with Gasteiger partial charge in [-0.25, -0.2) is 4.98 Å². The number of methoxy groups -OCH3 is 2. The van der Waals surface area contributed by atoms with Gasteiger partial charge in [0.1, 0.15) is 21.7 Å². The molecule has 1 aromatic carbocycles. The molecule has 9 heteroatoms. The largest absolute Gasteiger partial charge is 0.495 e.